The second-order valence-corrected chi connectivity index (χ2v) is 16.0. The molecule has 0 aromatic heterocycles. The van der Waals surface area contributed by atoms with Crippen LogP contribution in [0.5, 0.6) is 0 Å². The molecule has 1 amide bonds. The van der Waals surface area contributed by atoms with Crippen LogP contribution in [0.1, 0.15) is 264 Å². The van der Waals surface area contributed by atoms with E-state index in [0.29, 0.717) is 12.2 Å². The van der Waals surface area contributed by atoms with Crippen molar-refractivity contribution in [2.24, 2.45) is 0 Å². The molecular formula is C47H91NO3. The fourth-order valence-electron chi connectivity index (χ4n) is 7.28. The van der Waals surface area contributed by atoms with Gasteiger partial charge in [-0.1, -0.05) is 206 Å². The molecule has 0 heterocycles. The van der Waals surface area contributed by atoms with E-state index in [1.165, 1.54) is 193 Å². The number of allylic oxidation sites excluding steroid dienone is 2. The second kappa shape index (κ2) is 43.2. The number of aliphatic hydroxyl groups is 1. The monoisotopic (exact) mass is 718 g/mol. The van der Waals surface area contributed by atoms with Gasteiger partial charge in [0, 0.05) is 19.3 Å². The molecule has 0 saturated heterocycles. The quantitative estimate of drug-likeness (QED) is 0.0487. The van der Waals surface area contributed by atoms with Crippen molar-refractivity contribution in [1.82, 2.24) is 5.32 Å². The standard InChI is InChI=1S/C47H91NO3/c1-3-5-7-9-11-13-15-17-19-21-23-25-29-33-37-41-46(50)42-38-34-30-26-27-31-35-39-43-47(51)48-45(44-49)40-36-32-28-24-22-20-18-16-14-12-10-8-6-4-2/h17,19,45,49H,3-16,18,20-44H2,1-2H3,(H,48,51). The number of nitrogens with one attached hydrogen (secondary N) is 1. The zero-order chi connectivity index (χ0) is 37.1. The average Bonchev–Trinajstić information content (AvgIpc) is 3.13. The minimum absolute atomic E-state index is 0.0491. The Bertz CT molecular complexity index is 735. The third kappa shape index (κ3) is 41.5. The van der Waals surface area contributed by atoms with Gasteiger partial charge in [0.25, 0.3) is 0 Å². The Morgan fingerprint density at radius 2 is 0.745 bits per heavy atom. The van der Waals surface area contributed by atoms with Gasteiger partial charge in [0.05, 0.1) is 12.6 Å². The Labute approximate surface area is 320 Å². The summed E-state index contributed by atoms with van der Waals surface area (Å²) < 4.78 is 0. The summed E-state index contributed by atoms with van der Waals surface area (Å²) in [7, 11) is 0. The van der Waals surface area contributed by atoms with Crippen LogP contribution in [0, 0.1) is 0 Å². The lowest BCUT2D eigenvalue weighted by atomic mass is 10.0. The van der Waals surface area contributed by atoms with Crippen LogP contribution in [0.3, 0.4) is 0 Å². The number of aliphatic hydroxyl groups excluding tert-OH is 1. The van der Waals surface area contributed by atoms with Gasteiger partial charge in [-0.05, 0) is 51.4 Å². The van der Waals surface area contributed by atoms with E-state index in [1.54, 1.807) is 0 Å². The number of ketones is 1. The van der Waals surface area contributed by atoms with Gasteiger partial charge >= 0.3 is 0 Å². The Hall–Kier alpha value is -1.16. The molecule has 302 valence electrons. The van der Waals surface area contributed by atoms with Gasteiger partial charge < -0.3 is 10.4 Å². The van der Waals surface area contributed by atoms with Crippen LogP contribution in [0.2, 0.25) is 0 Å². The maximum Gasteiger partial charge on any atom is 0.220 e. The molecule has 1 unspecified atom stereocenters. The largest absolute Gasteiger partial charge is 0.394 e. The molecule has 0 aliphatic rings. The van der Waals surface area contributed by atoms with Crippen LogP contribution in [-0.2, 0) is 9.59 Å². The molecule has 0 spiro atoms. The third-order valence-electron chi connectivity index (χ3n) is 10.8. The first-order valence-corrected chi connectivity index (χ1v) is 23.2. The molecule has 2 N–H and O–H groups in total. The van der Waals surface area contributed by atoms with Gasteiger partial charge in [-0.25, -0.2) is 0 Å². The van der Waals surface area contributed by atoms with Crippen molar-refractivity contribution in [2.45, 2.75) is 270 Å². The van der Waals surface area contributed by atoms with Crippen LogP contribution in [-0.4, -0.2) is 29.4 Å². The van der Waals surface area contributed by atoms with Crippen LogP contribution in [0.15, 0.2) is 12.2 Å². The molecule has 0 bridgehead atoms. The molecule has 4 nitrogen and oxygen atoms in total. The molecule has 51 heavy (non-hydrogen) atoms. The molecule has 0 aromatic carbocycles. The second-order valence-electron chi connectivity index (χ2n) is 16.0. The Morgan fingerprint density at radius 1 is 0.431 bits per heavy atom. The summed E-state index contributed by atoms with van der Waals surface area (Å²) >= 11 is 0. The van der Waals surface area contributed by atoms with Gasteiger partial charge in [-0.3, -0.25) is 9.59 Å². The lowest BCUT2D eigenvalue weighted by Gasteiger charge is -2.16. The molecule has 0 aromatic rings. The molecule has 0 radical (unpaired) electrons. The number of unbranched alkanes of at least 4 members (excludes halogenated alkanes) is 31. The first-order valence-electron chi connectivity index (χ1n) is 23.2. The average molecular weight is 718 g/mol. The predicted molar refractivity (Wildman–Crippen MR) is 225 cm³/mol. The highest BCUT2D eigenvalue weighted by Crippen LogP contribution is 2.16. The minimum Gasteiger partial charge on any atom is -0.394 e. The van der Waals surface area contributed by atoms with Crippen molar-refractivity contribution in [3.05, 3.63) is 12.2 Å². The summed E-state index contributed by atoms with van der Waals surface area (Å²) in [6.45, 7) is 4.61. The molecule has 4 heteroatoms. The lowest BCUT2D eigenvalue weighted by Crippen LogP contribution is -2.37. The maximum absolute atomic E-state index is 12.4. The summed E-state index contributed by atoms with van der Waals surface area (Å²) in [5.74, 6) is 0.569. The number of amides is 1. The zero-order valence-electron chi connectivity index (χ0n) is 34.8. The summed E-state index contributed by atoms with van der Waals surface area (Å²) in [6, 6.07) is -0.0800. The lowest BCUT2D eigenvalue weighted by molar-refractivity contribution is -0.122. The molecule has 0 rings (SSSR count). The van der Waals surface area contributed by atoms with Crippen LogP contribution in [0.4, 0.5) is 0 Å². The van der Waals surface area contributed by atoms with E-state index >= 15 is 0 Å². The smallest absolute Gasteiger partial charge is 0.220 e. The van der Waals surface area contributed by atoms with Crippen LogP contribution < -0.4 is 5.32 Å². The van der Waals surface area contributed by atoms with Crippen molar-refractivity contribution in [1.29, 1.82) is 0 Å². The van der Waals surface area contributed by atoms with Gasteiger partial charge in [-0.15, -0.1) is 0 Å². The van der Waals surface area contributed by atoms with Crippen molar-refractivity contribution in [2.75, 3.05) is 6.61 Å². The molecule has 0 saturated carbocycles. The molecule has 0 aliphatic heterocycles. The number of hydrogen-bond donors (Lipinski definition) is 2. The topological polar surface area (TPSA) is 66.4 Å². The Balaban J connectivity index is 3.43. The molecule has 1 atom stereocenters. The number of carbonyl (C=O) groups is 2. The van der Waals surface area contributed by atoms with E-state index < -0.39 is 0 Å². The first-order chi connectivity index (χ1) is 25.1. The van der Waals surface area contributed by atoms with E-state index in [-0.39, 0.29) is 18.6 Å². The summed E-state index contributed by atoms with van der Waals surface area (Å²) in [5, 5.41) is 12.8. The highest BCUT2D eigenvalue weighted by Gasteiger charge is 2.11. The van der Waals surface area contributed by atoms with Gasteiger partial charge in [0.2, 0.25) is 5.91 Å². The summed E-state index contributed by atoms with van der Waals surface area (Å²) in [5.41, 5.74) is 0. The van der Waals surface area contributed by atoms with Crippen LogP contribution >= 0.6 is 0 Å². The minimum atomic E-state index is -0.0800. The van der Waals surface area contributed by atoms with E-state index in [4.69, 9.17) is 0 Å². The van der Waals surface area contributed by atoms with Crippen LogP contribution in [0.25, 0.3) is 0 Å². The first kappa shape index (κ1) is 49.8. The number of carbonyl (C=O) groups excluding carboxylic acids is 2. The maximum atomic E-state index is 12.4. The van der Waals surface area contributed by atoms with Gasteiger partial charge in [0.15, 0.2) is 0 Å². The van der Waals surface area contributed by atoms with E-state index in [0.717, 1.165) is 51.4 Å². The van der Waals surface area contributed by atoms with E-state index in [2.05, 4.69) is 31.3 Å². The summed E-state index contributed by atoms with van der Waals surface area (Å²) in [4.78, 5) is 24.6. The SMILES string of the molecule is CCCCCCCCC=CCCCCCCCC(=O)CCCCCCCCCCC(=O)NC(CO)CCCCCCCCCCCCCCCC. The van der Waals surface area contributed by atoms with Gasteiger partial charge in [0.1, 0.15) is 5.78 Å². The predicted octanol–water partition coefficient (Wildman–Crippen LogP) is 14.8. The number of hydrogen-bond acceptors (Lipinski definition) is 3. The number of rotatable bonds is 43. The molecule has 0 fully saturated rings. The normalized spacial score (nSPS) is 12.2. The fourth-order valence-corrected chi connectivity index (χ4v) is 7.28. The summed E-state index contributed by atoms with van der Waals surface area (Å²) in [6.07, 6.45) is 52.7. The Morgan fingerprint density at radius 3 is 1.12 bits per heavy atom. The zero-order valence-corrected chi connectivity index (χ0v) is 34.8. The highest BCUT2D eigenvalue weighted by molar-refractivity contribution is 5.78. The Kier molecular flexibility index (Phi) is 42.3. The number of Topliss-reactive ketones (excluding diaryl/α,β-unsaturated/α-hetero) is 1. The molecular weight excluding hydrogens is 627 g/mol. The van der Waals surface area contributed by atoms with E-state index in [1.807, 2.05) is 0 Å². The third-order valence-corrected chi connectivity index (χ3v) is 10.8. The fraction of sp³-hybridized carbons (Fsp3) is 0.915. The van der Waals surface area contributed by atoms with Gasteiger partial charge in [-0.2, -0.15) is 0 Å². The van der Waals surface area contributed by atoms with Crippen molar-refractivity contribution >= 4 is 11.7 Å². The van der Waals surface area contributed by atoms with Crippen molar-refractivity contribution in [3.8, 4) is 0 Å². The van der Waals surface area contributed by atoms with Crippen molar-refractivity contribution < 1.29 is 14.7 Å². The highest BCUT2D eigenvalue weighted by atomic mass is 16.3. The van der Waals surface area contributed by atoms with Crippen molar-refractivity contribution in [3.63, 3.8) is 0 Å². The molecule has 0 aliphatic carbocycles. The van der Waals surface area contributed by atoms with E-state index in [9.17, 15) is 14.7 Å².